The van der Waals surface area contributed by atoms with Crippen LogP contribution in [0.4, 0.5) is 0 Å². The van der Waals surface area contributed by atoms with Crippen molar-refractivity contribution in [2.75, 3.05) is 13.1 Å². The number of carbonyl (C=O) groups is 1. The molecular formula is C14H17NO2. The van der Waals surface area contributed by atoms with Gasteiger partial charge in [0.25, 0.3) is 5.91 Å². The zero-order valence-corrected chi connectivity index (χ0v) is 10.1. The SMILES string of the molecule is C#CCN(CC1CC1)C(=O)c1ccoc1CC. The minimum atomic E-state index is 0.000417. The fraction of sp³-hybridized carbons (Fsp3) is 0.500. The average molecular weight is 231 g/mol. The van der Waals surface area contributed by atoms with Crippen molar-refractivity contribution in [3.8, 4) is 12.3 Å². The fourth-order valence-corrected chi connectivity index (χ4v) is 1.92. The Kier molecular flexibility index (Phi) is 3.53. The van der Waals surface area contributed by atoms with Gasteiger partial charge in [0.05, 0.1) is 18.4 Å². The maximum atomic E-state index is 12.3. The first-order valence-electron chi connectivity index (χ1n) is 6.05. The number of nitrogens with zero attached hydrogens (tertiary/aromatic N) is 1. The van der Waals surface area contributed by atoms with Crippen molar-refractivity contribution in [1.82, 2.24) is 4.90 Å². The predicted molar refractivity (Wildman–Crippen MR) is 65.5 cm³/mol. The molecule has 17 heavy (non-hydrogen) atoms. The van der Waals surface area contributed by atoms with Gasteiger partial charge in [0.15, 0.2) is 0 Å². The lowest BCUT2D eigenvalue weighted by Gasteiger charge is -2.19. The number of hydrogen-bond donors (Lipinski definition) is 0. The Morgan fingerprint density at radius 2 is 2.41 bits per heavy atom. The van der Waals surface area contributed by atoms with E-state index in [2.05, 4.69) is 5.92 Å². The third kappa shape index (κ3) is 2.71. The molecule has 1 aromatic heterocycles. The predicted octanol–water partition coefficient (Wildman–Crippen LogP) is 2.33. The molecule has 3 heteroatoms. The first-order valence-corrected chi connectivity index (χ1v) is 6.05. The van der Waals surface area contributed by atoms with Crippen LogP contribution in [0.15, 0.2) is 16.7 Å². The summed E-state index contributed by atoms with van der Waals surface area (Å²) in [6, 6.07) is 1.73. The van der Waals surface area contributed by atoms with E-state index < -0.39 is 0 Å². The Morgan fingerprint density at radius 3 is 3.00 bits per heavy atom. The molecule has 1 aliphatic carbocycles. The molecule has 3 nitrogen and oxygen atoms in total. The average Bonchev–Trinajstić information content (AvgIpc) is 3.02. The second-order valence-electron chi connectivity index (χ2n) is 4.44. The van der Waals surface area contributed by atoms with Crippen LogP contribution in [0.5, 0.6) is 0 Å². The lowest BCUT2D eigenvalue weighted by atomic mass is 10.2. The quantitative estimate of drug-likeness (QED) is 0.729. The van der Waals surface area contributed by atoms with Crippen molar-refractivity contribution in [2.45, 2.75) is 26.2 Å². The van der Waals surface area contributed by atoms with Crippen LogP contribution in [-0.2, 0) is 6.42 Å². The Labute approximate surface area is 102 Å². The molecule has 0 aromatic carbocycles. The van der Waals surface area contributed by atoms with Gasteiger partial charge in [-0.15, -0.1) is 6.42 Å². The summed E-state index contributed by atoms with van der Waals surface area (Å²) in [5.41, 5.74) is 0.656. The summed E-state index contributed by atoms with van der Waals surface area (Å²) in [5, 5.41) is 0. The van der Waals surface area contributed by atoms with Gasteiger partial charge in [0, 0.05) is 13.0 Å². The maximum absolute atomic E-state index is 12.3. The van der Waals surface area contributed by atoms with E-state index in [-0.39, 0.29) is 5.91 Å². The molecule has 1 amide bonds. The molecular weight excluding hydrogens is 214 g/mol. The van der Waals surface area contributed by atoms with E-state index in [0.29, 0.717) is 18.0 Å². The highest BCUT2D eigenvalue weighted by Gasteiger charge is 2.28. The Bertz CT molecular complexity index is 437. The number of rotatable bonds is 5. The van der Waals surface area contributed by atoms with E-state index >= 15 is 0 Å². The van der Waals surface area contributed by atoms with Gasteiger partial charge in [0.1, 0.15) is 5.76 Å². The van der Waals surface area contributed by atoms with Crippen molar-refractivity contribution < 1.29 is 9.21 Å². The highest BCUT2D eigenvalue weighted by molar-refractivity contribution is 5.95. The summed E-state index contributed by atoms with van der Waals surface area (Å²) in [4.78, 5) is 14.1. The van der Waals surface area contributed by atoms with E-state index in [1.165, 1.54) is 12.8 Å². The number of aryl methyl sites for hydroxylation is 1. The van der Waals surface area contributed by atoms with Crippen LogP contribution in [-0.4, -0.2) is 23.9 Å². The molecule has 2 rings (SSSR count). The zero-order chi connectivity index (χ0) is 12.3. The first kappa shape index (κ1) is 11.8. The Hall–Kier alpha value is -1.69. The molecule has 0 spiro atoms. The van der Waals surface area contributed by atoms with E-state index in [9.17, 15) is 4.79 Å². The molecule has 0 bridgehead atoms. The number of amides is 1. The van der Waals surface area contributed by atoms with Crippen molar-refractivity contribution in [3.05, 3.63) is 23.7 Å². The summed E-state index contributed by atoms with van der Waals surface area (Å²) in [5.74, 6) is 3.94. The number of terminal acetylenes is 1. The van der Waals surface area contributed by atoms with Crippen LogP contribution in [0.1, 0.15) is 35.9 Å². The molecule has 0 N–H and O–H groups in total. The van der Waals surface area contributed by atoms with Crippen molar-refractivity contribution in [1.29, 1.82) is 0 Å². The molecule has 0 saturated heterocycles. The molecule has 0 atom stereocenters. The normalized spacial score (nSPS) is 14.4. The molecule has 1 saturated carbocycles. The summed E-state index contributed by atoms with van der Waals surface area (Å²) in [7, 11) is 0. The van der Waals surface area contributed by atoms with Gasteiger partial charge >= 0.3 is 0 Å². The van der Waals surface area contributed by atoms with Gasteiger partial charge in [-0.25, -0.2) is 0 Å². The third-order valence-electron chi connectivity index (χ3n) is 3.04. The van der Waals surface area contributed by atoms with Gasteiger partial charge in [-0.2, -0.15) is 0 Å². The molecule has 1 aromatic rings. The topological polar surface area (TPSA) is 33.5 Å². The van der Waals surface area contributed by atoms with Gasteiger partial charge < -0.3 is 9.32 Å². The maximum Gasteiger partial charge on any atom is 0.258 e. The first-order chi connectivity index (χ1) is 8.26. The molecule has 1 fully saturated rings. The Balaban J connectivity index is 2.12. The highest BCUT2D eigenvalue weighted by Crippen LogP contribution is 2.30. The summed E-state index contributed by atoms with van der Waals surface area (Å²) >= 11 is 0. The zero-order valence-electron chi connectivity index (χ0n) is 10.1. The fourth-order valence-electron chi connectivity index (χ4n) is 1.92. The molecule has 1 heterocycles. The van der Waals surface area contributed by atoms with Crippen molar-refractivity contribution in [3.63, 3.8) is 0 Å². The van der Waals surface area contributed by atoms with E-state index in [4.69, 9.17) is 10.8 Å². The third-order valence-corrected chi connectivity index (χ3v) is 3.04. The van der Waals surface area contributed by atoms with Gasteiger partial charge in [-0.05, 0) is 24.8 Å². The second kappa shape index (κ2) is 5.09. The van der Waals surface area contributed by atoms with Crippen LogP contribution >= 0.6 is 0 Å². The lowest BCUT2D eigenvalue weighted by Crippen LogP contribution is -2.33. The molecule has 90 valence electrons. The minimum Gasteiger partial charge on any atom is -0.469 e. The van der Waals surface area contributed by atoms with Crippen LogP contribution in [0, 0.1) is 18.3 Å². The van der Waals surface area contributed by atoms with E-state index in [0.717, 1.165) is 18.7 Å². The number of carbonyl (C=O) groups excluding carboxylic acids is 1. The molecule has 0 radical (unpaired) electrons. The van der Waals surface area contributed by atoms with Crippen LogP contribution < -0.4 is 0 Å². The van der Waals surface area contributed by atoms with Crippen molar-refractivity contribution in [2.24, 2.45) is 5.92 Å². The molecule has 0 unspecified atom stereocenters. The summed E-state index contributed by atoms with van der Waals surface area (Å²) in [6.07, 6.45) is 10.0. The largest absolute Gasteiger partial charge is 0.469 e. The van der Waals surface area contributed by atoms with Crippen molar-refractivity contribution >= 4 is 5.91 Å². The standard InChI is InChI=1S/C14H17NO2/c1-3-8-15(10-11-5-6-11)14(16)12-7-9-17-13(12)4-2/h1,7,9,11H,4-6,8,10H2,2H3. The summed E-state index contributed by atoms with van der Waals surface area (Å²) in [6.45, 7) is 3.13. The number of furan rings is 1. The van der Waals surface area contributed by atoms with Crippen LogP contribution in [0.25, 0.3) is 0 Å². The molecule has 0 aliphatic heterocycles. The van der Waals surface area contributed by atoms with E-state index in [1.807, 2.05) is 6.92 Å². The van der Waals surface area contributed by atoms with Gasteiger partial charge in [0.2, 0.25) is 0 Å². The van der Waals surface area contributed by atoms with Gasteiger partial charge in [-0.1, -0.05) is 12.8 Å². The van der Waals surface area contributed by atoms with Gasteiger partial charge in [-0.3, -0.25) is 4.79 Å². The van der Waals surface area contributed by atoms with E-state index in [1.54, 1.807) is 17.2 Å². The number of hydrogen-bond acceptors (Lipinski definition) is 2. The lowest BCUT2D eigenvalue weighted by molar-refractivity contribution is 0.0767. The highest BCUT2D eigenvalue weighted by atomic mass is 16.3. The Morgan fingerprint density at radius 1 is 1.65 bits per heavy atom. The molecule has 1 aliphatic rings. The van der Waals surface area contributed by atoms with Crippen LogP contribution in [0.2, 0.25) is 0 Å². The minimum absolute atomic E-state index is 0.000417. The monoisotopic (exact) mass is 231 g/mol. The smallest absolute Gasteiger partial charge is 0.258 e. The second-order valence-corrected chi connectivity index (χ2v) is 4.44. The van der Waals surface area contributed by atoms with Crippen LogP contribution in [0.3, 0.4) is 0 Å². The summed E-state index contributed by atoms with van der Waals surface area (Å²) < 4.78 is 5.28.